The van der Waals surface area contributed by atoms with Crippen molar-refractivity contribution in [3.05, 3.63) is 56.4 Å². The Morgan fingerprint density at radius 1 is 1.18 bits per heavy atom. The fourth-order valence-corrected chi connectivity index (χ4v) is 7.60. The number of thiophene rings is 2. The lowest BCUT2D eigenvalue weighted by atomic mass is 9.95. The average molecular weight is 574 g/mol. The number of fused-ring (bicyclic) bond motifs is 2. The third-order valence-electron chi connectivity index (χ3n) is 5.80. The maximum Gasteiger partial charge on any atom is 0.251 e. The van der Waals surface area contributed by atoms with E-state index in [1.54, 1.807) is 11.3 Å². The van der Waals surface area contributed by atoms with Crippen molar-refractivity contribution >= 4 is 77.4 Å². The van der Waals surface area contributed by atoms with E-state index in [1.807, 2.05) is 31.2 Å². The zero-order valence-corrected chi connectivity index (χ0v) is 22.3. The van der Waals surface area contributed by atoms with Crippen molar-refractivity contribution in [2.75, 3.05) is 5.32 Å². The Morgan fingerprint density at radius 3 is 2.71 bits per heavy atom. The molecule has 2 amide bonds. The Kier molecular flexibility index (Phi) is 6.74. The highest BCUT2D eigenvalue weighted by atomic mass is 79.9. The van der Waals surface area contributed by atoms with Gasteiger partial charge in [0.05, 0.1) is 16.2 Å². The molecular weight excluding hydrogens is 552 g/mol. The van der Waals surface area contributed by atoms with Crippen molar-refractivity contribution in [1.29, 1.82) is 0 Å². The molecule has 6 nitrogen and oxygen atoms in total. The number of aryl methyl sites for hydroxylation is 1. The summed E-state index contributed by atoms with van der Waals surface area (Å²) in [6, 6.07) is 8.10. The monoisotopic (exact) mass is 572 g/mol. The molecule has 0 aliphatic heterocycles. The Morgan fingerprint density at radius 2 is 1.94 bits per heavy atom. The fraction of sp³-hybridized carbons (Fsp3) is 0.250. The number of hydrogen-bond donors (Lipinski definition) is 2. The summed E-state index contributed by atoms with van der Waals surface area (Å²) in [6.07, 6.45) is 5.43. The van der Waals surface area contributed by atoms with Crippen molar-refractivity contribution in [1.82, 2.24) is 9.97 Å². The van der Waals surface area contributed by atoms with E-state index in [0.717, 1.165) is 67.0 Å². The molecule has 3 N–H and O–H groups in total. The molecule has 34 heavy (non-hydrogen) atoms. The SMILES string of the molecule is CC(Sc1ncnc2scc(-c3ccc(Br)cc3)c12)C(=O)Nc1sc2c(c1C(N)=O)CCCC2. The Hall–Kier alpha value is -2.27. The van der Waals surface area contributed by atoms with Gasteiger partial charge in [0, 0.05) is 20.3 Å². The van der Waals surface area contributed by atoms with Gasteiger partial charge in [-0.3, -0.25) is 9.59 Å². The number of carbonyl (C=O) groups is 2. The highest BCUT2D eigenvalue weighted by molar-refractivity contribution is 9.10. The zero-order valence-electron chi connectivity index (χ0n) is 18.3. The molecule has 1 atom stereocenters. The van der Waals surface area contributed by atoms with E-state index in [9.17, 15) is 9.59 Å². The smallest absolute Gasteiger partial charge is 0.251 e. The first kappa shape index (κ1) is 23.5. The largest absolute Gasteiger partial charge is 0.365 e. The molecule has 0 fully saturated rings. The van der Waals surface area contributed by atoms with Gasteiger partial charge < -0.3 is 11.1 Å². The number of aromatic nitrogens is 2. The van der Waals surface area contributed by atoms with E-state index in [1.165, 1.54) is 29.4 Å². The molecule has 3 aromatic heterocycles. The number of nitrogens with one attached hydrogen (secondary N) is 1. The van der Waals surface area contributed by atoms with Crippen molar-refractivity contribution in [3.8, 4) is 11.1 Å². The number of primary amides is 1. The maximum atomic E-state index is 13.1. The topological polar surface area (TPSA) is 98.0 Å². The summed E-state index contributed by atoms with van der Waals surface area (Å²) >= 11 is 7.91. The summed E-state index contributed by atoms with van der Waals surface area (Å²) in [4.78, 5) is 36.3. The van der Waals surface area contributed by atoms with E-state index in [-0.39, 0.29) is 5.91 Å². The van der Waals surface area contributed by atoms with Crippen LogP contribution in [0.25, 0.3) is 21.3 Å². The van der Waals surface area contributed by atoms with Crippen LogP contribution in [0.1, 0.15) is 40.6 Å². The molecule has 0 spiro atoms. The van der Waals surface area contributed by atoms with E-state index >= 15 is 0 Å². The molecule has 1 aliphatic rings. The fourth-order valence-electron chi connectivity index (χ4n) is 4.13. The number of hydrogen-bond acceptors (Lipinski definition) is 7. The van der Waals surface area contributed by atoms with Crippen LogP contribution in [0.5, 0.6) is 0 Å². The van der Waals surface area contributed by atoms with Gasteiger partial charge in [0.1, 0.15) is 21.2 Å². The van der Waals surface area contributed by atoms with Crippen LogP contribution >= 0.6 is 50.4 Å². The zero-order chi connectivity index (χ0) is 23.8. The maximum absolute atomic E-state index is 13.1. The van der Waals surface area contributed by atoms with Crippen molar-refractivity contribution in [2.24, 2.45) is 5.73 Å². The van der Waals surface area contributed by atoms with E-state index in [2.05, 4.69) is 36.6 Å². The van der Waals surface area contributed by atoms with Crippen molar-refractivity contribution in [2.45, 2.75) is 42.9 Å². The normalized spacial score (nSPS) is 14.1. The minimum atomic E-state index is -0.482. The second-order valence-electron chi connectivity index (χ2n) is 8.04. The first-order valence-electron chi connectivity index (χ1n) is 10.8. The van der Waals surface area contributed by atoms with Gasteiger partial charge in [-0.05, 0) is 55.9 Å². The summed E-state index contributed by atoms with van der Waals surface area (Å²) in [7, 11) is 0. The van der Waals surface area contributed by atoms with Crippen LogP contribution < -0.4 is 11.1 Å². The lowest BCUT2D eigenvalue weighted by Crippen LogP contribution is -2.24. The van der Waals surface area contributed by atoms with Crippen LogP contribution in [0.3, 0.4) is 0 Å². The third-order valence-corrected chi connectivity index (χ3v) is 9.53. The number of amides is 2. The van der Waals surface area contributed by atoms with Crippen LogP contribution in [-0.2, 0) is 17.6 Å². The van der Waals surface area contributed by atoms with Gasteiger partial charge in [-0.2, -0.15) is 0 Å². The number of halogens is 1. The third kappa shape index (κ3) is 4.51. The molecule has 0 saturated heterocycles. The molecule has 5 rings (SSSR count). The quantitative estimate of drug-likeness (QED) is 0.209. The van der Waals surface area contributed by atoms with Crippen LogP contribution in [0.15, 0.2) is 45.5 Å². The van der Waals surface area contributed by atoms with Gasteiger partial charge in [-0.15, -0.1) is 22.7 Å². The summed E-state index contributed by atoms with van der Waals surface area (Å²) in [6.45, 7) is 1.84. The highest BCUT2D eigenvalue weighted by Crippen LogP contribution is 2.41. The van der Waals surface area contributed by atoms with Crippen molar-refractivity contribution < 1.29 is 9.59 Å². The number of benzene rings is 1. The molecule has 0 radical (unpaired) electrons. The van der Waals surface area contributed by atoms with E-state index in [4.69, 9.17) is 5.73 Å². The van der Waals surface area contributed by atoms with Crippen LogP contribution in [0.2, 0.25) is 0 Å². The number of thioether (sulfide) groups is 1. The van der Waals surface area contributed by atoms with Gasteiger partial charge in [0.2, 0.25) is 5.91 Å². The number of rotatable bonds is 6. The number of nitrogens with zero attached hydrogens (tertiary/aromatic N) is 2. The second kappa shape index (κ2) is 9.77. The molecule has 4 aromatic rings. The molecule has 0 saturated carbocycles. The summed E-state index contributed by atoms with van der Waals surface area (Å²) in [5.41, 5.74) is 9.28. The lowest BCUT2D eigenvalue weighted by Gasteiger charge is -2.13. The summed E-state index contributed by atoms with van der Waals surface area (Å²) < 4.78 is 1.01. The Balaban J connectivity index is 1.41. The molecule has 1 aliphatic carbocycles. The van der Waals surface area contributed by atoms with Gasteiger partial charge in [0.25, 0.3) is 5.91 Å². The van der Waals surface area contributed by atoms with Crippen LogP contribution in [0.4, 0.5) is 5.00 Å². The molecule has 3 heterocycles. The standard InChI is InChI=1S/C24H21BrN4O2S3/c1-12(21(31)29-24-18(20(26)30)15-4-2-3-5-17(15)34-24)33-23-19-16(10-32-22(19)27-11-28-23)13-6-8-14(25)9-7-13/h6-12H,2-5H2,1H3,(H2,26,30)(H,29,31). The van der Waals surface area contributed by atoms with Gasteiger partial charge in [-0.1, -0.05) is 39.8 Å². The molecule has 1 unspecified atom stereocenters. The predicted molar refractivity (Wildman–Crippen MR) is 144 cm³/mol. The number of anilines is 1. The summed E-state index contributed by atoms with van der Waals surface area (Å²) in [5.74, 6) is -0.664. The van der Waals surface area contributed by atoms with E-state index < -0.39 is 11.2 Å². The number of carbonyl (C=O) groups excluding carboxylic acids is 2. The van der Waals surface area contributed by atoms with Crippen molar-refractivity contribution in [3.63, 3.8) is 0 Å². The molecular formula is C24H21BrN4O2S3. The molecule has 10 heteroatoms. The molecule has 1 aromatic carbocycles. The van der Waals surface area contributed by atoms with Gasteiger partial charge in [-0.25, -0.2) is 9.97 Å². The highest BCUT2D eigenvalue weighted by Gasteiger charge is 2.27. The first-order valence-corrected chi connectivity index (χ1v) is 14.2. The lowest BCUT2D eigenvalue weighted by molar-refractivity contribution is -0.115. The van der Waals surface area contributed by atoms with Gasteiger partial charge in [0.15, 0.2) is 0 Å². The first-order chi connectivity index (χ1) is 16.4. The molecule has 0 bridgehead atoms. The van der Waals surface area contributed by atoms with E-state index in [0.29, 0.717) is 10.6 Å². The molecule has 174 valence electrons. The van der Waals surface area contributed by atoms with Crippen LogP contribution in [0, 0.1) is 0 Å². The summed E-state index contributed by atoms with van der Waals surface area (Å²) in [5, 5.41) is 6.89. The van der Waals surface area contributed by atoms with Crippen LogP contribution in [-0.4, -0.2) is 27.0 Å². The van der Waals surface area contributed by atoms with Gasteiger partial charge >= 0.3 is 0 Å². The minimum Gasteiger partial charge on any atom is -0.365 e. The minimum absolute atomic E-state index is 0.182. The average Bonchev–Trinajstić information content (AvgIpc) is 3.41. The number of nitrogens with two attached hydrogens (primary N) is 1. The second-order valence-corrected chi connectivity index (χ2v) is 12.3. The predicted octanol–water partition coefficient (Wildman–Crippen LogP) is 6.28. The Labute approximate surface area is 217 Å². The Bertz CT molecular complexity index is 1400.